The Kier molecular flexibility index (Phi) is 2.46. The number of ether oxygens (including phenoxy) is 1. The third-order valence-corrected chi connectivity index (χ3v) is 2.36. The highest BCUT2D eigenvalue weighted by molar-refractivity contribution is 5.84. The lowest BCUT2D eigenvalue weighted by atomic mass is 10.1. The van der Waals surface area contributed by atoms with Crippen LogP contribution in [0.1, 0.15) is 11.1 Å². The molecule has 2 heteroatoms. The fraction of sp³-hybridized carbons (Fsp3) is 0.250. The predicted molar refractivity (Wildman–Crippen MR) is 57.2 cm³/mol. The van der Waals surface area contributed by atoms with Gasteiger partial charge < -0.3 is 4.74 Å². The Morgan fingerprint density at radius 3 is 2.93 bits per heavy atom. The van der Waals surface area contributed by atoms with Crippen molar-refractivity contribution in [2.75, 3.05) is 7.11 Å². The molecule has 2 aromatic rings. The van der Waals surface area contributed by atoms with Crippen LogP contribution in [0.3, 0.4) is 0 Å². The number of hydrogen-bond acceptors (Lipinski definition) is 2. The largest absolute Gasteiger partial charge is 0.380 e. The molecule has 0 N–H and O–H groups in total. The summed E-state index contributed by atoms with van der Waals surface area (Å²) in [5, 5.41) is 1.19. The van der Waals surface area contributed by atoms with Crippen molar-refractivity contribution in [3.05, 3.63) is 41.6 Å². The van der Waals surface area contributed by atoms with E-state index in [0.29, 0.717) is 6.61 Å². The molecule has 0 unspecified atom stereocenters. The Morgan fingerprint density at radius 2 is 2.14 bits per heavy atom. The SMILES string of the molecule is COCc1ccc(C)c2ncccc12. The van der Waals surface area contributed by atoms with Gasteiger partial charge in [-0.1, -0.05) is 18.2 Å². The zero-order valence-electron chi connectivity index (χ0n) is 8.45. The molecule has 0 aliphatic carbocycles. The van der Waals surface area contributed by atoms with Crippen LogP contribution in [-0.4, -0.2) is 12.1 Å². The minimum absolute atomic E-state index is 0.641. The van der Waals surface area contributed by atoms with Crippen LogP contribution in [0.2, 0.25) is 0 Å². The van der Waals surface area contributed by atoms with Crippen molar-refractivity contribution in [3.8, 4) is 0 Å². The van der Waals surface area contributed by atoms with Crippen molar-refractivity contribution in [1.82, 2.24) is 4.98 Å². The quantitative estimate of drug-likeness (QED) is 0.721. The Labute approximate surface area is 83.5 Å². The van der Waals surface area contributed by atoms with Gasteiger partial charge >= 0.3 is 0 Å². The molecule has 0 aliphatic rings. The average molecular weight is 187 g/mol. The number of aromatic nitrogens is 1. The molecule has 2 nitrogen and oxygen atoms in total. The van der Waals surface area contributed by atoms with Crippen molar-refractivity contribution in [2.24, 2.45) is 0 Å². The first-order valence-corrected chi connectivity index (χ1v) is 4.65. The van der Waals surface area contributed by atoms with Gasteiger partial charge in [0.2, 0.25) is 0 Å². The summed E-state index contributed by atoms with van der Waals surface area (Å²) < 4.78 is 5.15. The smallest absolute Gasteiger partial charge is 0.0734 e. The molecule has 0 atom stereocenters. The molecule has 0 saturated heterocycles. The monoisotopic (exact) mass is 187 g/mol. The molecule has 0 fully saturated rings. The minimum atomic E-state index is 0.641. The van der Waals surface area contributed by atoms with E-state index in [4.69, 9.17) is 4.74 Å². The summed E-state index contributed by atoms with van der Waals surface area (Å²) in [6.45, 7) is 2.72. The highest BCUT2D eigenvalue weighted by Gasteiger charge is 2.02. The number of nitrogens with zero attached hydrogens (tertiary/aromatic N) is 1. The maximum absolute atomic E-state index is 5.15. The first-order valence-electron chi connectivity index (χ1n) is 4.65. The van der Waals surface area contributed by atoms with Crippen molar-refractivity contribution < 1.29 is 4.74 Å². The molecule has 1 aromatic carbocycles. The second-order valence-electron chi connectivity index (χ2n) is 3.37. The van der Waals surface area contributed by atoms with Gasteiger partial charge in [0.25, 0.3) is 0 Å². The van der Waals surface area contributed by atoms with Crippen molar-refractivity contribution in [2.45, 2.75) is 13.5 Å². The van der Waals surface area contributed by atoms with E-state index in [1.54, 1.807) is 7.11 Å². The Balaban J connectivity index is 2.68. The maximum atomic E-state index is 5.15. The fourth-order valence-electron chi connectivity index (χ4n) is 1.65. The Morgan fingerprint density at radius 1 is 1.29 bits per heavy atom. The van der Waals surface area contributed by atoms with Crippen LogP contribution in [0.15, 0.2) is 30.5 Å². The zero-order chi connectivity index (χ0) is 9.97. The minimum Gasteiger partial charge on any atom is -0.380 e. The van der Waals surface area contributed by atoms with E-state index in [1.807, 2.05) is 12.3 Å². The zero-order valence-corrected chi connectivity index (χ0v) is 8.45. The van der Waals surface area contributed by atoms with Gasteiger partial charge in [-0.2, -0.15) is 0 Å². The number of fused-ring (bicyclic) bond motifs is 1. The van der Waals surface area contributed by atoms with Crippen LogP contribution >= 0.6 is 0 Å². The lowest BCUT2D eigenvalue weighted by Gasteiger charge is -2.06. The summed E-state index contributed by atoms with van der Waals surface area (Å²) in [7, 11) is 1.71. The van der Waals surface area contributed by atoms with Crippen LogP contribution in [0, 0.1) is 6.92 Å². The number of hydrogen-bond donors (Lipinski definition) is 0. The number of pyridine rings is 1. The molecule has 14 heavy (non-hydrogen) atoms. The van der Waals surface area contributed by atoms with E-state index in [9.17, 15) is 0 Å². The summed E-state index contributed by atoms with van der Waals surface area (Å²) in [5.74, 6) is 0. The van der Waals surface area contributed by atoms with Crippen LogP contribution < -0.4 is 0 Å². The predicted octanol–water partition coefficient (Wildman–Crippen LogP) is 2.69. The van der Waals surface area contributed by atoms with E-state index in [0.717, 1.165) is 5.52 Å². The normalized spacial score (nSPS) is 10.7. The number of rotatable bonds is 2. The molecule has 0 aliphatic heterocycles. The Hall–Kier alpha value is -1.41. The van der Waals surface area contributed by atoms with Gasteiger partial charge in [-0.15, -0.1) is 0 Å². The second kappa shape index (κ2) is 3.76. The van der Waals surface area contributed by atoms with Gasteiger partial charge in [0.05, 0.1) is 12.1 Å². The van der Waals surface area contributed by atoms with E-state index < -0.39 is 0 Å². The number of aryl methyl sites for hydroxylation is 1. The average Bonchev–Trinajstić information content (AvgIpc) is 2.23. The third kappa shape index (κ3) is 1.49. The highest BCUT2D eigenvalue weighted by atomic mass is 16.5. The first kappa shape index (κ1) is 9.16. The van der Waals surface area contributed by atoms with Gasteiger partial charge in [-0.25, -0.2) is 0 Å². The first-order chi connectivity index (χ1) is 6.83. The highest BCUT2D eigenvalue weighted by Crippen LogP contribution is 2.20. The number of methoxy groups -OCH3 is 1. The Bertz CT molecular complexity index is 451. The van der Waals surface area contributed by atoms with E-state index >= 15 is 0 Å². The summed E-state index contributed by atoms with van der Waals surface area (Å²) in [6.07, 6.45) is 1.83. The lowest BCUT2D eigenvalue weighted by Crippen LogP contribution is -1.92. The summed E-state index contributed by atoms with van der Waals surface area (Å²) in [6, 6.07) is 8.23. The molecule has 1 aromatic heterocycles. The molecular weight excluding hydrogens is 174 g/mol. The molecule has 1 heterocycles. The van der Waals surface area contributed by atoms with E-state index in [2.05, 4.69) is 30.1 Å². The lowest BCUT2D eigenvalue weighted by molar-refractivity contribution is 0.186. The second-order valence-corrected chi connectivity index (χ2v) is 3.37. The standard InChI is InChI=1S/C12H13NO/c1-9-5-6-10(8-14-2)11-4-3-7-13-12(9)11/h3-7H,8H2,1-2H3. The fourth-order valence-corrected chi connectivity index (χ4v) is 1.65. The van der Waals surface area contributed by atoms with Gasteiger partial charge in [-0.05, 0) is 24.1 Å². The third-order valence-electron chi connectivity index (χ3n) is 2.36. The molecule has 0 spiro atoms. The van der Waals surface area contributed by atoms with Gasteiger partial charge in [-0.3, -0.25) is 4.98 Å². The molecule has 0 bridgehead atoms. The van der Waals surface area contributed by atoms with Crippen molar-refractivity contribution in [1.29, 1.82) is 0 Å². The summed E-state index contributed by atoms with van der Waals surface area (Å²) in [5.41, 5.74) is 3.48. The van der Waals surface area contributed by atoms with Crippen LogP contribution in [0.5, 0.6) is 0 Å². The topological polar surface area (TPSA) is 22.1 Å². The van der Waals surface area contributed by atoms with E-state index in [1.165, 1.54) is 16.5 Å². The van der Waals surface area contributed by atoms with Crippen LogP contribution in [-0.2, 0) is 11.3 Å². The van der Waals surface area contributed by atoms with Gasteiger partial charge in [0.15, 0.2) is 0 Å². The van der Waals surface area contributed by atoms with E-state index in [-0.39, 0.29) is 0 Å². The summed E-state index contributed by atoms with van der Waals surface area (Å²) >= 11 is 0. The molecular formula is C12H13NO. The number of benzene rings is 1. The molecule has 0 amide bonds. The van der Waals surface area contributed by atoms with Crippen molar-refractivity contribution >= 4 is 10.9 Å². The maximum Gasteiger partial charge on any atom is 0.0734 e. The molecule has 0 saturated carbocycles. The molecule has 0 radical (unpaired) electrons. The van der Waals surface area contributed by atoms with Crippen molar-refractivity contribution in [3.63, 3.8) is 0 Å². The van der Waals surface area contributed by atoms with Gasteiger partial charge in [0.1, 0.15) is 0 Å². The summed E-state index contributed by atoms with van der Waals surface area (Å²) in [4.78, 5) is 4.37. The van der Waals surface area contributed by atoms with Crippen LogP contribution in [0.4, 0.5) is 0 Å². The molecule has 2 rings (SSSR count). The van der Waals surface area contributed by atoms with Crippen LogP contribution in [0.25, 0.3) is 10.9 Å². The van der Waals surface area contributed by atoms with Gasteiger partial charge in [0, 0.05) is 18.7 Å². The molecule has 72 valence electrons.